The van der Waals surface area contributed by atoms with Gasteiger partial charge in [-0.25, -0.2) is 4.98 Å². The molecule has 0 bridgehead atoms. The van der Waals surface area contributed by atoms with Gasteiger partial charge in [-0.15, -0.1) is 11.3 Å². The molecule has 2 nitrogen and oxygen atoms in total. The van der Waals surface area contributed by atoms with Crippen molar-refractivity contribution in [3.63, 3.8) is 0 Å². The summed E-state index contributed by atoms with van der Waals surface area (Å²) in [5.74, 6) is 1.17. The average Bonchev–Trinajstić information content (AvgIpc) is 3.12. The molecular formula is C15H18N2S. The molecule has 1 aromatic heterocycles. The highest BCUT2D eigenvalue weighted by Crippen LogP contribution is 2.46. The number of nitrogens with zero attached hydrogens (tertiary/aromatic N) is 1. The molecule has 1 fully saturated rings. The van der Waals surface area contributed by atoms with Crippen LogP contribution in [0.25, 0.3) is 11.3 Å². The van der Waals surface area contributed by atoms with Gasteiger partial charge in [-0.05, 0) is 24.3 Å². The van der Waals surface area contributed by atoms with E-state index in [1.165, 1.54) is 24.0 Å². The van der Waals surface area contributed by atoms with Crippen LogP contribution in [0.15, 0.2) is 24.3 Å². The smallest absolute Gasteiger partial charge is 0.114 e. The van der Waals surface area contributed by atoms with Gasteiger partial charge < -0.3 is 5.73 Å². The number of thiazole rings is 1. The second-order valence-electron chi connectivity index (χ2n) is 5.28. The predicted octanol–water partition coefficient (Wildman–Crippen LogP) is 4.39. The standard InChI is InChI=1S/C15H18N2S/c1-9(2)15-17-13(14(16)18-15)12-6-4-3-5-11(12)10-7-8-10/h3-6,9-10H,7-8,16H2,1-2H3. The zero-order chi connectivity index (χ0) is 12.7. The molecule has 0 amide bonds. The summed E-state index contributed by atoms with van der Waals surface area (Å²) in [6, 6.07) is 8.57. The van der Waals surface area contributed by atoms with Gasteiger partial charge in [-0.3, -0.25) is 0 Å². The summed E-state index contributed by atoms with van der Waals surface area (Å²) in [5.41, 5.74) is 9.81. The molecule has 0 spiro atoms. The molecule has 3 rings (SSSR count). The average molecular weight is 258 g/mol. The van der Waals surface area contributed by atoms with E-state index in [0.717, 1.165) is 21.6 Å². The van der Waals surface area contributed by atoms with E-state index in [-0.39, 0.29) is 0 Å². The first-order valence-electron chi connectivity index (χ1n) is 6.52. The van der Waals surface area contributed by atoms with Crippen molar-refractivity contribution in [2.75, 3.05) is 5.73 Å². The zero-order valence-corrected chi connectivity index (χ0v) is 11.6. The highest BCUT2D eigenvalue weighted by atomic mass is 32.1. The summed E-state index contributed by atoms with van der Waals surface area (Å²) >= 11 is 1.62. The van der Waals surface area contributed by atoms with Crippen molar-refractivity contribution in [3.8, 4) is 11.3 Å². The topological polar surface area (TPSA) is 38.9 Å². The SMILES string of the molecule is CC(C)c1nc(-c2ccccc2C2CC2)c(N)s1. The van der Waals surface area contributed by atoms with Gasteiger partial charge in [0.15, 0.2) is 0 Å². The second kappa shape index (κ2) is 4.39. The number of aromatic nitrogens is 1. The minimum atomic E-state index is 0.444. The molecule has 1 heterocycles. The molecule has 2 N–H and O–H groups in total. The number of nitrogen functional groups attached to an aromatic ring is 1. The minimum Gasteiger partial charge on any atom is -0.389 e. The Bertz CT molecular complexity index is 568. The quantitative estimate of drug-likeness (QED) is 0.886. The Hall–Kier alpha value is -1.35. The van der Waals surface area contributed by atoms with Gasteiger partial charge in [-0.2, -0.15) is 0 Å². The van der Waals surface area contributed by atoms with Crippen LogP contribution in [-0.4, -0.2) is 4.98 Å². The van der Waals surface area contributed by atoms with Crippen LogP contribution in [0, 0.1) is 0 Å². The Morgan fingerprint density at radius 1 is 1.28 bits per heavy atom. The van der Waals surface area contributed by atoms with Gasteiger partial charge in [0.25, 0.3) is 0 Å². The fraction of sp³-hybridized carbons (Fsp3) is 0.400. The van der Waals surface area contributed by atoms with Gasteiger partial charge in [0.1, 0.15) is 10.7 Å². The molecule has 1 aliphatic rings. The normalized spacial score (nSPS) is 15.3. The summed E-state index contributed by atoms with van der Waals surface area (Å²) in [4.78, 5) is 4.74. The predicted molar refractivity (Wildman–Crippen MR) is 78.0 cm³/mol. The molecule has 94 valence electrons. The Morgan fingerprint density at radius 3 is 2.61 bits per heavy atom. The van der Waals surface area contributed by atoms with Crippen molar-refractivity contribution < 1.29 is 0 Å². The van der Waals surface area contributed by atoms with Gasteiger partial charge in [0.2, 0.25) is 0 Å². The first kappa shape index (κ1) is 11.7. The van der Waals surface area contributed by atoms with Crippen molar-refractivity contribution >= 4 is 16.3 Å². The molecule has 1 saturated carbocycles. The van der Waals surface area contributed by atoms with Crippen molar-refractivity contribution in [3.05, 3.63) is 34.8 Å². The lowest BCUT2D eigenvalue weighted by molar-refractivity contribution is 0.853. The van der Waals surface area contributed by atoms with E-state index in [1.807, 2.05) is 0 Å². The van der Waals surface area contributed by atoms with Crippen molar-refractivity contribution in [2.24, 2.45) is 0 Å². The van der Waals surface area contributed by atoms with E-state index in [0.29, 0.717) is 5.92 Å². The Kier molecular flexibility index (Phi) is 2.86. The Morgan fingerprint density at radius 2 is 2.00 bits per heavy atom. The third-order valence-corrected chi connectivity index (χ3v) is 4.58. The third-order valence-electron chi connectivity index (χ3n) is 3.40. The van der Waals surface area contributed by atoms with Gasteiger partial charge >= 0.3 is 0 Å². The van der Waals surface area contributed by atoms with Crippen LogP contribution in [0.4, 0.5) is 5.00 Å². The van der Waals surface area contributed by atoms with Crippen molar-refractivity contribution in [2.45, 2.75) is 38.5 Å². The van der Waals surface area contributed by atoms with Crippen molar-refractivity contribution in [1.82, 2.24) is 4.98 Å². The van der Waals surface area contributed by atoms with E-state index < -0.39 is 0 Å². The van der Waals surface area contributed by atoms with Crippen LogP contribution in [-0.2, 0) is 0 Å². The molecule has 18 heavy (non-hydrogen) atoms. The zero-order valence-electron chi connectivity index (χ0n) is 10.8. The van der Waals surface area contributed by atoms with Crippen LogP contribution in [0.3, 0.4) is 0 Å². The van der Waals surface area contributed by atoms with E-state index in [9.17, 15) is 0 Å². The molecule has 0 aliphatic heterocycles. The molecule has 0 atom stereocenters. The van der Waals surface area contributed by atoms with E-state index in [2.05, 4.69) is 38.1 Å². The summed E-state index contributed by atoms with van der Waals surface area (Å²) in [6.07, 6.45) is 2.61. The highest BCUT2D eigenvalue weighted by Gasteiger charge is 2.27. The maximum atomic E-state index is 6.16. The third kappa shape index (κ3) is 2.03. The van der Waals surface area contributed by atoms with Crippen LogP contribution in [0.2, 0.25) is 0 Å². The van der Waals surface area contributed by atoms with E-state index in [1.54, 1.807) is 11.3 Å². The maximum absolute atomic E-state index is 6.16. The van der Waals surface area contributed by atoms with Gasteiger partial charge in [0.05, 0.1) is 5.01 Å². The number of benzene rings is 1. The lowest BCUT2D eigenvalue weighted by Crippen LogP contribution is -1.92. The fourth-order valence-corrected chi connectivity index (χ4v) is 3.10. The molecular weight excluding hydrogens is 240 g/mol. The number of anilines is 1. The highest BCUT2D eigenvalue weighted by molar-refractivity contribution is 7.16. The minimum absolute atomic E-state index is 0.444. The number of hydrogen-bond acceptors (Lipinski definition) is 3. The second-order valence-corrected chi connectivity index (χ2v) is 6.34. The lowest BCUT2D eigenvalue weighted by atomic mass is 10.0. The largest absolute Gasteiger partial charge is 0.389 e. The first-order chi connectivity index (χ1) is 8.66. The van der Waals surface area contributed by atoms with Gasteiger partial charge in [0, 0.05) is 11.5 Å². The fourth-order valence-electron chi connectivity index (χ4n) is 2.25. The van der Waals surface area contributed by atoms with Crippen LogP contribution < -0.4 is 5.73 Å². The van der Waals surface area contributed by atoms with Crippen LogP contribution in [0.5, 0.6) is 0 Å². The molecule has 1 aromatic carbocycles. The van der Waals surface area contributed by atoms with Crippen LogP contribution >= 0.6 is 11.3 Å². The maximum Gasteiger partial charge on any atom is 0.114 e. The van der Waals surface area contributed by atoms with E-state index >= 15 is 0 Å². The molecule has 0 saturated heterocycles. The number of hydrogen-bond donors (Lipinski definition) is 1. The summed E-state index contributed by atoms with van der Waals surface area (Å²) in [5, 5.41) is 1.99. The molecule has 3 heteroatoms. The van der Waals surface area contributed by atoms with Gasteiger partial charge in [-0.1, -0.05) is 38.1 Å². The van der Waals surface area contributed by atoms with Crippen molar-refractivity contribution in [1.29, 1.82) is 0 Å². The first-order valence-corrected chi connectivity index (χ1v) is 7.34. The number of rotatable bonds is 3. The molecule has 0 unspecified atom stereocenters. The Labute approximate surface area is 112 Å². The monoisotopic (exact) mass is 258 g/mol. The molecule has 1 aliphatic carbocycles. The van der Waals surface area contributed by atoms with Crippen LogP contribution in [0.1, 0.15) is 49.1 Å². The molecule has 2 aromatic rings. The molecule has 0 radical (unpaired) electrons. The van der Waals surface area contributed by atoms with E-state index in [4.69, 9.17) is 10.7 Å². The summed E-state index contributed by atoms with van der Waals surface area (Å²) in [7, 11) is 0. The Balaban J connectivity index is 2.09. The number of nitrogens with two attached hydrogens (primary N) is 1. The lowest BCUT2D eigenvalue weighted by Gasteiger charge is -2.06. The summed E-state index contributed by atoms with van der Waals surface area (Å²) < 4.78 is 0. The summed E-state index contributed by atoms with van der Waals surface area (Å²) in [6.45, 7) is 4.32.